The van der Waals surface area contributed by atoms with Crippen molar-refractivity contribution in [3.63, 3.8) is 0 Å². The predicted molar refractivity (Wildman–Crippen MR) is 115 cm³/mol. The van der Waals surface area contributed by atoms with Gasteiger partial charge in [-0.05, 0) is 60.7 Å². The first-order valence-corrected chi connectivity index (χ1v) is 12.7. The first-order chi connectivity index (χ1) is 13.5. The minimum atomic E-state index is -3.98. The second kappa shape index (κ2) is 8.43. The zero-order valence-electron chi connectivity index (χ0n) is 16.0. The smallest absolute Gasteiger partial charge is 0.263 e. The molecule has 1 fully saturated rings. The van der Waals surface area contributed by atoms with Crippen molar-refractivity contribution in [2.75, 3.05) is 17.8 Å². The number of benzene rings is 2. The van der Waals surface area contributed by atoms with Crippen LogP contribution in [0.25, 0.3) is 0 Å². The molecule has 2 aromatic rings. The lowest BCUT2D eigenvalue weighted by Crippen LogP contribution is -2.42. The van der Waals surface area contributed by atoms with E-state index in [9.17, 15) is 16.8 Å². The second-order valence-corrected chi connectivity index (χ2v) is 11.9. The van der Waals surface area contributed by atoms with E-state index in [1.165, 1.54) is 46.8 Å². The molecule has 1 aliphatic rings. The molecule has 2 aromatic carbocycles. The normalized spacial score (nSPS) is 21.1. The number of rotatable bonds is 5. The molecule has 0 aromatic heterocycles. The third-order valence-corrected chi connectivity index (χ3v) is 8.71. The minimum Gasteiger partial charge on any atom is -0.280 e. The molecule has 6 nitrogen and oxygen atoms in total. The Morgan fingerprint density at radius 1 is 0.931 bits per heavy atom. The highest BCUT2D eigenvalue weighted by atomic mass is 35.5. The van der Waals surface area contributed by atoms with Gasteiger partial charge in [0.1, 0.15) is 4.90 Å². The van der Waals surface area contributed by atoms with E-state index in [-0.39, 0.29) is 25.5 Å². The quantitative estimate of drug-likeness (QED) is 0.689. The van der Waals surface area contributed by atoms with E-state index < -0.39 is 20.0 Å². The number of nitrogens with zero attached hydrogens (tertiary/aromatic N) is 1. The Morgan fingerprint density at radius 2 is 1.52 bits per heavy atom. The lowest BCUT2D eigenvalue weighted by Gasteiger charge is -2.34. The molecule has 0 radical (unpaired) electrons. The summed E-state index contributed by atoms with van der Waals surface area (Å²) in [7, 11) is -7.61. The molecule has 2 atom stereocenters. The summed E-state index contributed by atoms with van der Waals surface area (Å²) in [5.41, 5.74) is 0.223. The van der Waals surface area contributed by atoms with Crippen LogP contribution in [0.1, 0.15) is 20.3 Å². The largest absolute Gasteiger partial charge is 0.280 e. The molecule has 0 aliphatic carbocycles. The highest BCUT2D eigenvalue weighted by molar-refractivity contribution is 7.92. The van der Waals surface area contributed by atoms with Gasteiger partial charge in [-0.3, -0.25) is 4.72 Å². The van der Waals surface area contributed by atoms with E-state index in [4.69, 9.17) is 23.2 Å². The highest BCUT2D eigenvalue weighted by Gasteiger charge is 2.31. The van der Waals surface area contributed by atoms with Crippen LogP contribution in [0, 0.1) is 11.8 Å². The number of halogens is 2. The maximum Gasteiger partial charge on any atom is 0.263 e. The molecule has 29 heavy (non-hydrogen) atoms. The zero-order chi connectivity index (χ0) is 21.4. The van der Waals surface area contributed by atoms with Crippen molar-refractivity contribution in [2.45, 2.75) is 30.1 Å². The number of sulfonamides is 2. The van der Waals surface area contributed by atoms with Crippen molar-refractivity contribution in [1.82, 2.24) is 4.31 Å². The maximum absolute atomic E-state index is 12.9. The van der Waals surface area contributed by atoms with Gasteiger partial charge in [0.25, 0.3) is 10.0 Å². The Hall–Kier alpha value is -1.32. The van der Waals surface area contributed by atoms with Gasteiger partial charge in [0, 0.05) is 23.8 Å². The monoisotopic (exact) mass is 476 g/mol. The van der Waals surface area contributed by atoms with Crippen LogP contribution in [-0.4, -0.2) is 34.2 Å². The number of hydrogen-bond donors (Lipinski definition) is 1. The Kier molecular flexibility index (Phi) is 6.50. The molecule has 0 saturated carbocycles. The van der Waals surface area contributed by atoms with Gasteiger partial charge in [0.05, 0.1) is 9.92 Å². The Bertz CT molecular complexity index is 1090. The van der Waals surface area contributed by atoms with Crippen LogP contribution in [0.15, 0.2) is 52.3 Å². The van der Waals surface area contributed by atoms with E-state index in [1.54, 1.807) is 0 Å². The molecule has 0 spiro atoms. The summed E-state index contributed by atoms with van der Waals surface area (Å²) in [5.74, 6) is 0.587. The molecule has 1 N–H and O–H groups in total. The van der Waals surface area contributed by atoms with Gasteiger partial charge in [-0.15, -0.1) is 0 Å². The topological polar surface area (TPSA) is 83.6 Å². The van der Waals surface area contributed by atoms with Crippen molar-refractivity contribution < 1.29 is 16.8 Å². The van der Waals surface area contributed by atoms with Gasteiger partial charge in [-0.2, -0.15) is 4.31 Å². The SMILES string of the molecule is C[C@@H]1C[C@@H](C)CN(S(=O)(=O)c2ccc(NS(=O)(=O)c3cc(Cl)ccc3Cl)cc2)C1. The molecular weight excluding hydrogens is 455 g/mol. The third kappa shape index (κ3) is 5.06. The van der Waals surface area contributed by atoms with Crippen molar-refractivity contribution in [1.29, 1.82) is 0 Å². The molecule has 10 heteroatoms. The third-order valence-electron chi connectivity index (χ3n) is 4.76. The number of anilines is 1. The molecule has 158 valence electrons. The molecule has 1 heterocycles. The average molecular weight is 477 g/mol. The summed E-state index contributed by atoms with van der Waals surface area (Å²) in [6.45, 7) is 5.04. The molecule has 0 unspecified atom stereocenters. The van der Waals surface area contributed by atoms with Crippen molar-refractivity contribution in [2.24, 2.45) is 11.8 Å². The van der Waals surface area contributed by atoms with Crippen LogP contribution in [0.5, 0.6) is 0 Å². The fraction of sp³-hybridized carbons (Fsp3) is 0.368. The first kappa shape index (κ1) is 22.4. The van der Waals surface area contributed by atoms with E-state index >= 15 is 0 Å². The Morgan fingerprint density at radius 3 is 2.10 bits per heavy atom. The maximum atomic E-state index is 12.9. The fourth-order valence-electron chi connectivity index (χ4n) is 3.54. The molecule has 3 rings (SSSR count). The van der Waals surface area contributed by atoms with Crippen LogP contribution in [0.4, 0.5) is 5.69 Å². The molecular formula is C19H22Cl2N2O4S2. The van der Waals surface area contributed by atoms with Gasteiger partial charge < -0.3 is 0 Å². The van der Waals surface area contributed by atoms with Crippen molar-refractivity contribution in [3.8, 4) is 0 Å². The summed E-state index contributed by atoms with van der Waals surface area (Å²) in [6.07, 6.45) is 0.999. The van der Waals surface area contributed by atoms with Crippen molar-refractivity contribution >= 4 is 48.9 Å². The summed E-state index contributed by atoms with van der Waals surface area (Å²) >= 11 is 11.8. The van der Waals surface area contributed by atoms with Gasteiger partial charge in [0.2, 0.25) is 10.0 Å². The first-order valence-electron chi connectivity index (χ1n) is 9.07. The molecule has 0 bridgehead atoms. The Labute approximate surface area is 181 Å². The van der Waals surface area contributed by atoms with Crippen LogP contribution < -0.4 is 4.72 Å². The van der Waals surface area contributed by atoms with E-state index in [0.717, 1.165) is 6.42 Å². The average Bonchev–Trinajstić information content (AvgIpc) is 2.63. The fourth-order valence-corrected chi connectivity index (χ4v) is 7.04. The minimum absolute atomic E-state index is 0.0365. The van der Waals surface area contributed by atoms with Crippen molar-refractivity contribution in [3.05, 3.63) is 52.5 Å². The standard InChI is InChI=1S/C19H22Cl2N2O4S2/c1-13-9-14(2)12-23(11-13)29(26,27)17-6-4-16(5-7-17)22-28(24,25)19-10-15(20)3-8-18(19)21/h3-8,10,13-14,22H,9,11-12H2,1-2H3/t13-,14-/m1/s1. The van der Waals surface area contributed by atoms with E-state index in [2.05, 4.69) is 4.72 Å². The Balaban J connectivity index is 1.82. The number of hydrogen-bond acceptors (Lipinski definition) is 4. The molecule has 0 amide bonds. The van der Waals surface area contributed by atoms with E-state index in [0.29, 0.717) is 24.9 Å². The van der Waals surface area contributed by atoms with Crippen LogP contribution >= 0.6 is 23.2 Å². The number of nitrogens with one attached hydrogen (secondary N) is 1. The summed E-state index contributed by atoms with van der Waals surface area (Å²) in [6, 6.07) is 9.77. The predicted octanol–water partition coefficient (Wildman–Crippen LogP) is 4.46. The summed E-state index contributed by atoms with van der Waals surface area (Å²) < 4.78 is 55.0. The van der Waals surface area contributed by atoms with Crippen LogP contribution in [0.3, 0.4) is 0 Å². The lowest BCUT2D eigenvalue weighted by molar-refractivity contribution is 0.222. The van der Waals surface area contributed by atoms with Crippen LogP contribution in [0.2, 0.25) is 10.0 Å². The highest BCUT2D eigenvalue weighted by Crippen LogP contribution is 2.29. The van der Waals surface area contributed by atoms with Gasteiger partial charge in [-0.25, -0.2) is 16.8 Å². The van der Waals surface area contributed by atoms with Gasteiger partial charge in [-0.1, -0.05) is 37.0 Å². The lowest BCUT2D eigenvalue weighted by atomic mass is 9.94. The summed E-state index contributed by atoms with van der Waals surface area (Å²) in [5, 5.41) is 0.274. The van der Waals surface area contributed by atoms with E-state index in [1.807, 2.05) is 13.8 Å². The number of piperidine rings is 1. The van der Waals surface area contributed by atoms with Gasteiger partial charge in [0.15, 0.2) is 0 Å². The van der Waals surface area contributed by atoms with Crippen LogP contribution in [-0.2, 0) is 20.0 Å². The van der Waals surface area contributed by atoms with Gasteiger partial charge >= 0.3 is 0 Å². The summed E-state index contributed by atoms with van der Waals surface area (Å²) in [4.78, 5) is -0.0257. The zero-order valence-corrected chi connectivity index (χ0v) is 19.1. The molecule has 1 saturated heterocycles. The second-order valence-electron chi connectivity index (χ2n) is 7.47. The molecule has 1 aliphatic heterocycles.